The Bertz CT molecular complexity index is 218. The molecule has 1 aliphatic rings. The van der Waals surface area contributed by atoms with Gasteiger partial charge in [-0.1, -0.05) is 0 Å². The van der Waals surface area contributed by atoms with Crippen LogP contribution >= 0.6 is 0 Å². The molecule has 0 atom stereocenters. The lowest BCUT2D eigenvalue weighted by Crippen LogP contribution is -2.30. The molecule has 0 aromatic heterocycles. The molecule has 0 aromatic carbocycles. The first-order chi connectivity index (χ1) is 8.18. The fraction of sp³-hybridized carbons (Fsp3) is 0.917. The van der Waals surface area contributed by atoms with Gasteiger partial charge in [0.1, 0.15) is 0 Å². The number of hydrogen-bond acceptors (Lipinski definition) is 4. The lowest BCUT2D eigenvalue weighted by Gasteiger charge is -2.10. The van der Waals surface area contributed by atoms with Gasteiger partial charge in [0.2, 0.25) is 5.91 Å². The van der Waals surface area contributed by atoms with Crippen LogP contribution in [-0.4, -0.2) is 63.8 Å². The van der Waals surface area contributed by atoms with Gasteiger partial charge < -0.3 is 20.3 Å². The highest BCUT2D eigenvalue weighted by Gasteiger charge is 2.22. The molecule has 17 heavy (non-hydrogen) atoms. The second-order valence-corrected chi connectivity index (χ2v) is 4.76. The van der Waals surface area contributed by atoms with Gasteiger partial charge in [0.25, 0.3) is 0 Å². The molecule has 1 rings (SSSR count). The van der Waals surface area contributed by atoms with Gasteiger partial charge in [0.15, 0.2) is 0 Å². The van der Waals surface area contributed by atoms with E-state index < -0.39 is 0 Å². The third-order valence-corrected chi connectivity index (χ3v) is 2.58. The van der Waals surface area contributed by atoms with Crippen molar-refractivity contribution in [1.82, 2.24) is 15.5 Å². The topological polar surface area (TPSA) is 53.6 Å². The molecule has 1 fully saturated rings. The molecule has 0 bridgehead atoms. The summed E-state index contributed by atoms with van der Waals surface area (Å²) < 4.78 is 5.42. The van der Waals surface area contributed by atoms with Crippen LogP contribution in [0.5, 0.6) is 0 Å². The standard InChI is InChI=1S/C12H25N3O2/c1-15(2)8-10-17-9-7-13-6-5-12(16)14-11-3-4-11/h11,13H,3-10H2,1-2H3,(H,14,16). The largest absolute Gasteiger partial charge is 0.379 e. The molecule has 0 aliphatic heterocycles. The monoisotopic (exact) mass is 243 g/mol. The summed E-state index contributed by atoms with van der Waals surface area (Å²) in [7, 11) is 4.06. The van der Waals surface area contributed by atoms with Crippen molar-refractivity contribution in [2.75, 3.05) is 46.9 Å². The van der Waals surface area contributed by atoms with Crippen LogP contribution in [0.15, 0.2) is 0 Å². The average molecular weight is 243 g/mol. The maximum atomic E-state index is 11.3. The summed E-state index contributed by atoms with van der Waals surface area (Å²) in [5.74, 6) is 0.161. The van der Waals surface area contributed by atoms with Gasteiger partial charge in [0.05, 0.1) is 13.2 Å². The summed E-state index contributed by atoms with van der Waals surface area (Å²) in [6.07, 6.45) is 2.87. The Labute approximate surface area is 104 Å². The number of likely N-dealkylation sites (N-methyl/N-ethyl adjacent to an activating group) is 1. The highest BCUT2D eigenvalue weighted by atomic mass is 16.5. The van der Waals surface area contributed by atoms with Crippen molar-refractivity contribution in [1.29, 1.82) is 0 Å². The third kappa shape index (κ3) is 9.09. The summed E-state index contributed by atoms with van der Waals surface area (Å²) in [6.45, 7) is 3.96. The zero-order valence-corrected chi connectivity index (χ0v) is 11.0. The minimum Gasteiger partial charge on any atom is -0.379 e. The van der Waals surface area contributed by atoms with Crippen molar-refractivity contribution in [2.45, 2.75) is 25.3 Å². The van der Waals surface area contributed by atoms with Crippen molar-refractivity contribution in [3.63, 3.8) is 0 Å². The molecule has 0 saturated heterocycles. The van der Waals surface area contributed by atoms with Crippen LogP contribution in [0.3, 0.4) is 0 Å². The van der Waals surface area contributed by atoms with Crippen LogP contribution in [0.1, 0.15) is 19.3 Å². The molecule has 1 aliphatic carbocycles. The third-order valence-electron chi connectivity index (χ3n) is 2.58. The Morgan fingerprint density at radius 1 is 1.29 bits per heavy atom. The first-order valence-corrected chi connectivity index (χ1v) is 6.41. The smallest absolute Gasteiger partial charge is 0.221 e. The molecule has 0 radical (unpaired) electrons. The lowest BCUT2D eigenvalue weighted by molar-refractivity contribution is -0.121. The van der Waals surface area contributed by atoms with Crippen LogP contribution in [0.4, 0.5) is 0 Å². The van der Waals surface area contributed by atoms with E-state index in [2.05, 4.69) is 15.5 Å². The van der Waals surface area contributed by atoms with E-state index >= 15 is 0 Å². The summed E-state index contributed by atoms with van der Waals surface area (Å²) >= 11 is 0. The number of rotatable bonds is 10. The molecule has 0 aromatic rings. The van der Waals surface area contributed by atoms with E-state index in [4.69, 9.17) is 4.74 Å². The number of carbonyl (C=O) groups excluding carboxylic acids is 1. The molecule has 1 amide bonds. The van der Waals surface area contributed by atoms with Crippen LogP contribution < -0.4 is 10.6 Å². The molecular formula is C12H25N3O2. The lowest BCUT2D eigenvalue weighted by atomic mass is 10.4. The molecule has 2 N–H and O–H groups in total. The quantitative estimate of drug-likeness (QED) is 0.523. The second-order valence-electron chi connectivity index (χ2n) is 4.76. The maximum absolute atomic E-state index is 11.3. The fourth-order valence-corrected chi connectivity index (χ4v) is 1.35. The zero-order valence-electron chi connectivity index (χ0n) is 11.0. The normalized spacial score (nSPS) is 15.2. The first kappa shape index (κ1) is 14.4. The van der Waals surface area contributed by atoms with E-state index in [1.807, 2.05) is 14.1 Å². The Hall–Kier alpha value is -0.650. The SMILES string of the molecule is CN(C)CCOCCNCCC(=O)NC1CC1. The summed E-state index contributed by atoms with van der Waals surface area (Å²) in [6, 6.07) is 0.469. The summed E-state index contributed by atoms with van der Waals surface area (Å²) in [5, 5.41) is 6.16. The summed E-state index contributed by atoms with van der Waals surface area (Å²) in [5.41, 5.74) is 0. The molecule has 1 saturated carbocycles. The molecule has 0 unspecified atom stereocenters. The minimum atomic E-state index is 0.161. The number of ether oxygens (including phenoxy) is 1. The number of amides is 1. The Kier molecular flexibility index (Phi) is 7.16. The van der Waals surface area contributed by atoms with Crippen molar-refractivity contribution in [2.24, 2.45) is 0 Å². The van der Waals surface area contributed by atoms with Gasteiger partial charge in [-0.3, -0.25) is 4.79 Å². The van der Waals surface area contributed by atoms with Crippen LogP contribution in [0.25, 0.3) is 0 Å². The highest BCUT2D eigenvalue weighted by molar-refractivity contribution is 5.76. The van der Waals surface area contributed by atoms with Crippen LogP contribution in [-0.2, 0) is 9.53 Å². The average Bonchev–Trinajstić information content (AvgIpc) is 3.05. The fourth-order valence-electron chi connectivity index (χ4n) is 1.35. The highest BCUT2D eigenvalue weighted by Crippen LogP contribution is 2.18. The molecule has 5 nitrogen and oxygen atoms in total. The van der Waals surface area contributed by atoms with E-state index in [9.17, 15) is 4.79 Å². The molecular weight excluding hydrogens is 218 g/mol. The first-order valence-electron chi connectivity index (χ1n) is 6.41. The van der Waals surface area contributed by atoms with E-state index in [-0.39, 0.29) is 5.91 Å². The van der Waals surface area contributed by atoms with Gasteiger partial charge >= 0.3 is 0 Å². The van der Waals surface area contributed by atoms with E-state index in [0.29, 0.717) is 19.1 Å². The van der Waals surface area contributed by atoms with E-state index in [1.165, 1.54) is 0 Å². The zero-order chi connectivity index (χ0) is 12.5. The number of carbonyl (C=O) groups is 1. The van der Waals surface area contributed by atoms with Crippen LogP contribution in [0, 0.1) is 0 Å². The van der Waals surface area contributed by atoms with Gasteiger partial charge in [-0.05, 0) is 26.9 Å². The molecule has 5 heteroatoms. The Morgan fingerprint density at radius 3 is 2.71 bits per heavy atom. The van der Waals surface area contributed by atoms with Gasteiger partial charge in [-0.2, -0.15) is 0 Å². The predicted molar refractivity (Wildman–Crippen MR) is 68.0 cm³/mol. The molecule has 0 spiro atoms. The van der Waals surface area contributed by atoms with E-state index in [1.54, 1.807) is 0 Å². The number of nitrogens with one attached hydrogen (secondary N) is 2. The Balaban J connectivity index is 1.76. The minimum absolute atomic E-state index is 0.161. The van der Waals surface area contributed by atoms with E-state index in [0.717, 1.165) is 39.1 Å². The molecule has 100 valence electrons. The Morgan fingerprint density at radius 2 is 2.06 bits per heavy atom. The second kappa shape index (κ2) is 8.44. The van der Waals surface area contributed by atoms with Gasteiger partial charge in [-0.25, -0.2) is 0 Å². The molecule has 0 heterocycles. The number of nitrogens with zero attached hydrogens (tertiary/aromatic N) is 1. The van der Waals surface area contributed by atoms with Gasteiger partial charge in [-0.15, -0.1) is 0 Å². The number of hydrogen-bond donors (Lipinski definition) is 2. The van der Waals surface area contributed by atoms with Crippen LogP contribution in [0.2, 0.25) is 0 Å². The predicted octanol–water partition coefficient (Wildman–Crippen LogP) is -0.177. The van der Waals surface area contributed by atoms with Crippen molar-refractivity contribution in [3.05, 3.63) is 0 Å². The van der Waals surface area contributed by atoms with Crippen molar-refractivity contribution >= 4 is 5.91 Å². The van der Waals surface area contributed by atoms with Gasteiger partial charge in [0, 0.05) is 32.1 Å². The van der Waals surface area contributed by atoms with Crippen molar-refractivity contribution in [3.8, 4) is 0 Å². The summed E-state index contributed by atoms with van der Waals surface area (Å²) in [4.78, 5) is 13.4. The van der Waals surface area contributed by atoms with Crippen molar-refractivity contribution < 1.29 is 9.53 Å². The maximum Gasteiger partial charge on any atom is 0.221 e.